The SMILES string of the molecule is CC1=CC2=CCC=CN=C2C(C2CCNCC2)c2ccc(Cl)cc21.COC=O. The number of fused-ring (bicyclic) bond motifs is 2. The lowest BCUT2D eigenvalue weighted by molar-refractivity contribution is -0.126. The molecule has 1 fully saturated rings. The van der Waals surface area contributed by atoms with Gasteiger partial charge in [-0.2, -0.15) is 0 Å². The number of aliphatic imine (C=N–C) groups is 1. The van der Waals surface area contributed by atoms with Crippen molar-refractivity contribution in [3.8, 4) is 0 Å². The van der Waals surface area contributed by atoms with Crippen molar-refractivity contribution in [2.24, 2.45) is 10.9 Å². The summed E-state index contributed by atoms with van der Waals surface area (Å²) in [6, 6.07) is 6.38. The van der Waals surface area contributed by atoms with Crippen LogP contribution >= 0.6 is 11.6 Å². The molecule has 1 aromatic rings. The lowest BCUT2D eigenvalue weighted by atomic mass is 9.75. The van der Waals surface area contributed by atoms with Crippen LogP contribution in [-0.2, 0) is 9.53 Å². The fraction of sp³-hybridized carbons (Fsp3) is 0.391. The molecule has 3 aliphatic rings. The van der Waals surface area contributed by atoms with Crippen LogP contribution < -0.4 is 5.32 Å². The van der Waals surface area contributed by atoms with Crippen molar-refractivity contribution < 1.29 is 9.53 Å². The molecule has 1 aromatic carbocycles. The zero-order valence-electron chi connectivity index (χ0n) is 16.5. The van der Waals surface area contributed by atoms with Crippen molar-refractivity contribution in [1.82, 2.24) is 5.32 Å². The van der Waals surface area contributed by atoms with Gasteiger partial charge in [-0.25, -0.2) is 0 Å². The summed E-state index contributed by atoms with van der Waals surface area (Å²) in [6.45, 7) is 4.76. The highest BCUT2D eigenvalue weighted by molar-refractivity contribution is 6.30. The van der Waals surface area contributed by atoms with Crippen molar-refractivity contribution in [3.05, 3.63) is 64.3 Å². The van der Waals surface area contributed by atoms with E-state index in [2.05, 4.69) is 47.3 Å². The zero-order chi connectivity index (χ0) is 19.9. The minimum absolute atomic E-state index is 0.349. The molecule has 4 rings (SSSR count). The van der Waals surface area contributed by atoms with Crippen molar-refractivity contribution >= 4 is 29.4 Å². The van der Waals surface area contributed by atoms with Crippen LogP contribution in [-0.4, -0.2) is 32.4 Å². The van der Waals surface area contributed by atoms with E-state index in [9.17, 15) is 0 Å². The molecule has 2 aliphatic heterocycles. The third-order valence-corrected chi connectivity index (χ3v) is 5.72. The summed E-state index contributed by atoms with van der Waals surface area (Å²) in [5.41, 5.74) is 6.47. The summed E-state index contributed by atoms with van der Waals surface area (Å²) in [5, 5.41) is 4.30. The zero-order valence-corrected chi connectivity index (χ0v) is 17.2. The minimum atomic E-state index is 0.349. The number of rotatable bonds is 2. The van der Waals surface area contributed by atoms with E-state index < -0.39 is 0 Å². The lowest BCUT2D eigenvalue weighted by Crippen LogP contribution is -2.34. The van der Waals surface area contributed by atoms with Crippen molar-refractivity contribution in [3.63, 3.8) is 0 Å². The Hall–Kier alpha value is -2.17. The number of nitrogens with zero attached hydrogens (tertiary/aromatic N) is 1. The minimum Gasteiger partial charge on any atom is -0.471 e. The average molecular weight is 399 g/mol. The summed E-state index contributed by atoms with van der Waals surface area (Å²) >= 11 is 6.31. The Kier molecular flexibility index (Phi) is 7.24. The van der Waals surface area contributed by atoms with Gasteiger partial charge in [-0.3, -0.25) is 9.79 Å². The highest BCUT2D eigenvalue weighted by Crippen LogP contribution is 2.42. The summed E-state index contributed by atoms with van der Waals surface area (Å²) in [4.78, 5) is 13.8. The Morgan fingerprint density at radius 1 is 1.29 bits per heavy atom. The number of hydrogen-bond donors (Lipinski definition) is 1. The quantitative estimate of drug-likeness (QED) is 0.720. The Bertz CT molecular complexity index is 833. The molecule has 2 heterocycles. The number of nitrogens with one attached hydrogen (secondary N) is 1. The number of ether oxygens (including phenoxy) is 1. The number of carbonyl (C=O) groups excluding carboxylic acids is 1. The van der Waals surface area contributed by atoms with Crippen LogP contribution in [0.15, 0.2) is 53.2 Å². The fourth-order valence-electron chi connectivity index (χ4n) is 4.21. The third kappa shape index (κ3) is 4.62. The number of halogens is 1. The molecule has 5 heteroatoms. The number of benzene rings is 1. The Labute approximate surface area is 172 Å². The molecule has 1 N–H and O–H groups in total. The predicted molar refractivity (Wildman–Crippen MR) is 116 cm³/mol. The van der Waals surface area contributed by atoms with Gasteiger partial charge in [0.1, 0.15) is 0 Å². The molecule has 0 aromatic heterocycles. The highest BCUT2D eigenvalue weighted by atomic mass is 35.5. The standard InChI is InChI=1S/C21H23ClN2.C2H4O2/c1-14-12-16-4-2-3-9-24-21(16)20(15-7-10-23-11-8-15)18-6-5-17(22)13-19(14)18;1-4-2-3/h3-6,9,12-13,15,20,23H,2,7-8,10-11H2,1H3;2H,1H3. The summed E-state index contributed by atoms with van der Waals surface area (Å²) in [5.74, 6) is 0.973. The number of allylic oxidation sites excluding steroid dienone is 5. The van der Waals surface area contributed by atoms with E-state index in [4.69, 9.17) is 21.4 Å². The molecule has 1 unspecified atom stereocenters. The van der Waals surface area contributed by atoms with Crippen LogP contribution in [0.3, 0.4) is 0 Å². The third-order valence-electron chi connectivity index (χ3n) is 5.48. The second kappa shape index (κ2) is 9.85. The van der Waals surface area contributed by atoms with E-state index in [1.807, 2.05) is 12.3 Å². The Balaban J connectivity index is 0.000000516. The van der Waals surface area contributed by atoms with Crippen LogP contribution in [0.25, 0.3) is 5.57 Å². The van der Waals surface area contributed by atoms with E-state index >= 15 is 0 Å². The number of carbonyl (C=O) groups is 1. The van der Waals surface area contributed by atoms with Crippen molar-refractivity contribution in [1.29, 1.82) is 0 Å². The van der Waals surface area contributed by atoms with Gasteiger partial charge in [-0.1, -0.05) is 29.8 Å². The van der Waals surface area contributed by atoms with Crippen molar-refractivity contribution in [2.45, 2.75) is 32.1 Å². The van der Waals surface area contributed by atoms with Crippen LogP contribution in [0.1, 0.15) is 43.2 Å². The smallest absolute Gasteiger partial charge is 0.292 e. The van der Waals surface area contributed by atoms with Gasteiger partial charge in [0.2, 0.25) is 0 Å². The molecule has 1 atom stereocenters. The van der Waals surface area contributed by atoms with E-state index in [0.29, 0.717) is 18.3 Å². The Morgan fingerprint density at radius 2 is 2.04 bits per heavy atom. The summed E-state index contributed by atoms with van der Waals surface area (Å²) < 4.78 is 3.86. The average Bonchev–Trinajstić information content (AvgIpc) is 3.01. The molecule has 1 aliphatic carbocycles. The molecule has 0 amide bonds. The maximum Gasteiger partial charge on any atom is 0.292 e. The first-order valence-electron chi connectivity index (χ1n) is 9.74. The normalized spacial score (nSPS) is 21.4. The summed E-state index contributed by atoms with van der Waals surface area (Å²) in [6.07, 6.45) is 12.1. The second-order valence-electron chi connectivity index (χ2n) is 7.25. The van der Waals surface area contributed by atoms with E-state index in [-0.39, 0.29) is 0 Å². The molecular weight excluding hydrogens is 372 g/mol. The highest BCUT2D eigenvalue weighted by Gasteiger charge is 2.34. The lowest BCUT2D eigenvalue weighted by Gasteiger charge is -2.32. The molecule has 0 spiro atoms. The first-order valence-corrected chi connectivity index (χ1v) is 10.1. The monoisotopic (exact) mass is 398 g/mol. The van der Waals surface area contributed by atoms with Crippen molar-refractivity contribution in [2.75, 3.05) is 20.2 Å². The predicted octanol–water partition coefficient (Wildman–Crippen LogP) is 4.91. The van der Waals surface area contributed by atoms with E-state index in [1.54, 1.807) is 0 Å². The van der Waals surface area contributed by atoms with Gasteiger partial charge in [0.05, 0.1) is 12.8 Å². The number of piperidine rings is 1. The number of methoxy groups -OCH3 is 1. The molecule has 0 bridgehead atoms. The van der Waals surface area contributed by atoms with Crippen LogP contribution in [0.5, 0.6) is 0 Å². The van der Waals surface area contributed by atoms with Gasteiger partial charge in [-0.05, 0) is 85.7 Å². The largest absolute Gasteiger partial charge is 0.471 e. The topological polar surface area (TPSA) is 50.7 Å². The van der Waals surface area contributed by atoms with Crippen LogP contribution in [0, 0.1) is 5.92 Å². The molecule has 0 radical (unpaired) electrons. The summed E-state index contributed by atoms with van der Waals surface area (Å²) in [7, 11) is 1.31. The number of hydrogen-bond acceptors (Lipinski definition) is 4. The van der Waals surface area contributed by atoms with Gasteiger partial charge in [-0.15, -0.1) is 0 Å². The van der Waals surface area contributed by atoms with Crippen LogP contribution in [0.4, 0.5) is 0 Å². The first kappa shape index (κ1) is 20.6. The fourth-order valence-corrected chi connectivity index (χ4v) is 4.39. The van der Waals surface area contributed by atoms with Gasteiger partial charge in [0.25, 0.3) is 6.47 Å². The van der Waals surface area contributed by atoms with Crippen LogP contribution in [0.2, 0.25) is 5.02 Å². The van der Waals surface area contributed by atoms with Gasteiger partial charge in [0, 0.05) is 17.1 Å². The molecule has 4 nitrogen and oxygen atoms in total. The molecule has 28 heavy (non-hydrogen) atoms. The first-order chi connectivity index (χ1) is 13.7. The van der Waals surface area contributed by atoms with Gasteiger partial charge in [0.15, 0.2) is 0 Å². The Morgan fingerprint density at radius 3 is 2.75 bits per heavy atom. The van der Waals surface area contributed by atoms with Gasteiger partial charge < -0.3 is 10.1 Å². The van der Waals surface area contributed by atoms with E-state index in [0.717, 1.165) is 24.5 Å². The maximum atomic E-state index is 8.95. The second-order valence-corrected chi connectivity index (χ2v) is 7.69. The molecule has 148 valence electrons. The maximum absolute atomic E-state index is 8.95. The molecule has 1 saturated heterocycles. The molecular formula is C23H27ClN2O2. The van der Waals surface area contributed by atoms with Gasteiger partial charge >= 0.3 is 0 Å². The molecule has 0 saturated carbocycles. The van der Waals surface area contributed by atoms with E-state index in [1.165, 1.54) is 47.9 Å².